The van der Waals surface area contributed by atoms with Gasteiger partial charge in [-0.1, -0.05) is 6.07 Å². The first-order valence-corrected chi connectivity index (χ1v) is 8.67. The van der Waals surface area contributed by atoms with Gasteiger partial charge in [-0.2, -0.15) is 0 Å². The molecule has 1 aromatic carbocycles. The van der Waals surface area contributed by atoms with Crippen molar-refractivity contribution in [3.05, 3.63) is 23.7 Å². The highest BCUT2D eigenvalue weighted by molar-refractivity contribution is 7.16. The van der Waals surface area contributed by atoms with Gasteiger partial charge in [0.1, 0.15) is 17.4 Å². The molecular formula is C16H19N3O2S. The number of carbonyl (C=O) groups excluding carboxylic acids is 1. The van der Waals surface area contributed by atoms with Crippen LogP contribution in [0.15, 0.2) is 23.7 Å². The molecule has 2 heterocycles. The highest BCUT2D eigenvalue weighted by atomic mass is 32.1. The largest absolute Gasteiger partial charge is 0.488 e. The lowest BCUT2D eigenvalue weighted by molar-refractivity contribution is -0.131. The number of rotatable bonds is 4. The minimum absolute atomic E-state index is 0.0974. The fourth-order valence-electron chi connectivity index (χ4n) is 3.11. The molecule has 22 heavy (non-hydrogen) atoms. The summed E-state index contributed by atoms with van der Waals surface area (Å²) in [7, 11) is 0. The quantitative estimate of drug-likeness (QED) is 0.904. The van der Waals surface area contributed by atoms with Crippen molar-refractivity contribution in [1.82, 2.24) is 15.6 Å². The molecular weight excluding hydrogens is 298 g/mol. The zero-order valence-corrected chi connectivity index (χ0v) is 13.1. The fraction of sp³-hybridized carbons (Fsp3) is 0.500. The third kappa shape index (κ3) is 2.68. The Morgan fingerprint density at radius 1 is 1.41 bits per heavy atom. The van der Waals surface area contributed by atoms with Crippen molar-refractivity contribution in [3.63, 3.8) is 0 Å². The summed E-state index contributed by atoms with van der Waals surface area (Å²) in [6, 6.07) is 6.30. The minimum Gasteiger partial charge on any atom is -0.488 e. The molecule has 6 heteroatoms. The minimum atomic E-state index is 0.0974. The molecule has 1 saturated carbocycles. The third-order valence-electron chi connectivity index (χ3n) is 4.49. The van der Waals surface area contributed by atoms with E-state index in [9.17, 15) is 4.79 Å². The van der Waals surface area contributed by atoms with E-state index in [1.807, 2.05) is 23.7 Å². The summed E-state index contributed by atoms with van der Waals surface area (Å²) in [5.74, 6) is 1.11. The maximum absolute atomic E-state index is 12.1. The van der Waals surface area contributed by atoms with Gasteiger partial charge in [-0.3, -0.25) is 4.79 Å². The molecule has 2 fully saturated rings. The van der Waals surface area contributed by atoms with Crippen LogP contribution in [0.3, 0.4) is 0 Å². The van der Waals surface area contributed by atoms with Crippen molar-refractivity contribution in [3.8, 4) is 5.75 Å². The third-order valence-corrected chi connectivity index (χ3v) is 5.28. The first-order chi connectivity index (χ1) is 10.8. The maximum Gasteiger partial charge on any atom is 0.223 e. The number of thiazole rings is 1. The predicted octanol–water partition coefficient (Wildman–Crippen LogP) is 1.93. The topological polar surface area (TPSA) is 63.2 Å². The number of ether oxygens (including phenoxy) is 1. The summed E-state index contributed by atoms with van der Waals surface area (Å²) in [5, 5.41) is 6.39. The number of para-hydroxylation sites is 1. The smallest absolute Gasteiger partial charge is 0.223 e. The van der Waals surface area contributed by atoms with E-state index in [1.165, 1.54) is 0 Å². The Hall–Kier alpha value is -1.66. The average Bonchev–Trinajstić information content (AvgIpc) is 3.12. The summed E-state index contributed by atoms with van der Waals surface area (Å²) >= 11 is 1.62. The lowest BCUT2D eigenvalue weighted by atomic mass is 9.81. The number of benzene rings is 1. The van der Waals surface area contributed by atoms with Crippen LogP contribution in [0.25, 0.3) is 10.2 Å². The van der Waals surface area contributed by atoms with E-state index in [2.05, 4.69) is 15.6 Å². The molecule has 1 aromatic heterocycles. The van der Waals surface area contributed by atoms with Crippen LogP contribution in [-0.4, -0.2) is 36.1 Å². The van der Waals surface area contributed by atoms with Crippen LogP contribution < -0.4 is 15.4 Å². The SMILES string of the molecule is O=C(NC1CCNC1)C1CC(Oc2cccc3scnc23)C1. The number of hydrogen-bond acceptors (Lipinski definition) is 5. The van der Waals surface area contributed by atoms with E-state index in [-0.39, 0.29) is 17.9 Å². The zero-order valence-electron chi connectivity index (χ0n) is 12.2. The van der Waals surface area contributed by atoms with Crippen LogP contribution in [0.4, 0.5) is 0 Å². The molecule has 0 bridgehead atoms. The zero-order chi connectivity index (χ0) is 14.9. The predicted molar refractivity (Wildman–Crippen MR) is 86.2 cm³/mol. The highest BCUT2D eigenvalue weighted by Gasteiger charge is 2.37. The van der Waals surface area contributed by atoms with Crippen LogP contribution in [0.2, 0.25) is 0 Å². The van der Waals surface area contributed by atoms with E-state index in [1.54, 1.807) is 11.3 Å². The van der Waals surface area contributed by atoms with E-state index in [4.69, 9.17) is 4.74 Å². The molecule has 4 rings (SSSR count). The van der Waals surface area contributed by atoms with Crippen molar-refractivity contribution in [2.75, 3.05) is 13.1 Å². The van der Waals surface area contributed by atoms with Crippen LogP contribution in [0.5, 0.6) is 5.75 Å². The second-order valence-corrected chi connectivity index (χ2v) is 6.95. The fourth-order valence-corrected chi connectivity index (χ4v) is 3.80. The van der Waals surface area contributed by atoms with Crippen molar-refractivity contribution in [1.29, 1.82) is 0 Å². The van der Waals surface area contributed by atoms with Gasteiger partial charge in [0.2, 0.25) is 5.91 Å². The lowest BCUT2D eigenvalue weighted by Crippen LogP contribution is -2.47. The Balaban J connectivity index is 1.32. The van der Waals surface area contributed by atoms with Crippen LogP contribution in [0.1, 0.15) is 19.3 Å². The second-order valence-electron chi connectivity index (χ2n) is 6.06. The van der Waals surface area contributed by atoms with E-state index in [0.29, 0.717) is 6.04 Å². The lowest BCUT2D eigenvalue weighted by Gasteiger charge is -2.35. The first-order valence-electron chi connectivity index (χ1n) is 7.79. The number of nitrogens with zero attached hydrogens (tertiary/aromatic N) is 1. The van der Waals surface area contributed by atoms with Crippen LogP contribution in [-0.2, 0) is 4.79 Å². The Morgan fingerprint density at radius 2 is 2.32 bits per heavy atom. The Labute approximate surface area is 133 Å². The Kier molecular flexibility index (Phi) is 3.72. The number of amides is 1. The van der Waals surface area contributed by atoms with Crippen molar-refractivity contribution < 1.29 is 9.53 Å². The van der Waals surface area contributed by atoms with Gasteiger partial charge in [-0.15, -0.1) is 11.3 Å². The molecule has 2 N–H and O–H groups in total. The Bertz CT molecular complexity index is 675. The van der Waals surface area contributed by atoms with Crippen molar-refractivity contribution >= 4 is 27.5 Å². The number of carbonyl (C=O) groups is 1. The molecule has 2 aromatic rings. The molecule has 0 radical (unpaired) electrons. The van der Waals surface area contributed by atoms with Gasteiger partial charge in [-0.05, 0) is 37.9 Å². The molecule has 1 aliphatic heterocycles. The number of hydrogen-bond donors (Lipinski definition) is 2. The highest BCUT2D eigenvalue weighted by Crippen LogP contribution is 2.34. The van der Waals surface area contributed by atoms with Gasteiger partial charge in [0.15, 0.2) is 0 Å². The summed E-state index contributed by atoms with van der Waals surface area (Å²) in [6.45, 7) is 1.89. The van der Waals surface area contributed by atoms with Crippen LogP contribution >= 0.6 is 11.3 Å². The summed E-state index contributed by atoms with van der Waals surface area (Å²) in [4.78, 5) is 16.5. The molecule has 0 spiro atoms. The van der Waals surface area contributed by atoms with Crippen LogP contribution in [0, 0.1) is 5.92 Å². The van der Waals surface area contributed by atoms with Gasteiger partial charge in [-0.25, -0.2) is 4.98 Å². The second kappa shape index (κ2) is 5.85. The summed E-state index contributed by atoms with van der Waals surface area (Å²) < 4.78 is 7.16. The molecule has 5 nitrogen and oxygen atoms in total. The number of nitrogens with one attached hydrogen (secondary N) is 2. The number of aromatic nitrogens is 1. The normalized spacial score (nSPS) is 27.5. The maximum atomic E-state index is 12.1. The van der Waals surface area contributed by atoms with Gasteiger partial charge >= 0.3 is 0 Å². The average molecular weight is 317 g/mol. The van der Waals surface area contributed by atoms with Gasteiger partial charge < -0.3 is 15.4 Å². The monoisotopic (exact) mass is 317 g/mol. The molecule has 2 aliphatic rings. The molecule has 1 saturated heterocycles. The van der Waals surface area contributed by atoms with Gasteiger partial charge in [0, 0.05) is 18.5 Å². The molecule has 1 aliphatic carbocycles. The van der Waals surface area contributed by atoms with E-state index < -0.39 is 0 Å². The molecule has 1 amide bonds. The Morgan fingerprint density at radius 3 is 3.14 bits per heavy atom. The molecule has 1 unspecified atom stereocenters. The van der Waals surface area contributed by atoms with Crippen molar-refractivity contribution in [2.45, 2.75) is 31.4 Å². The first kappa shape index (κ1) is 14.0. The summed E-state index contributed by atoms with van der Waals surface area (Å²) in [6.07, 6.45) is 2.76. The number of fused-ring (bicyclic) bond motifs is 1. The summed E-state index contributed by atoms with van der Waals surface area (Å²) in [5.41, 5.74) is 2.77. The van der Waals surface area contributed by atoms with Crippen molar-refractivity contribution in [2.24, 2.45) is 5.92 Å². The molecule has 1 atom stereocenters. The van der Waals surface area contributed by atoms with E-state index in [0.717, 1.165) is 48.3 Å². The van der Waals surface area contributed by atoms with Gasteiger partial charge in [0.25, 0.3) is 0 Å². The standard InChI is InChI=1S/C16H19N3O2S/c20-16(19-11-4-5-17-8-11)10-6-12(7-10)21-13-2-1-3-14-15(13)18-9-22-14/h1-3,9-12,17H,4-8H2,(H,19,20). The van der Waals surface area contributed by atoms with Gasteiger partial charge in [0.05, 0.1) is 10.2 Å². The van der Waals surface area contributed by atoms with E-state index >= 15 is 0 Å². The molecule has 116 valence electrons.